The Bertz CT molecular complexity index is 183. The van der Waals surface area contributed by atoms with Gasteiger partial charge in [-0.1, -0.05) is 0 Å². The normalized spacial score (nSPS) is 12.1. The van der Waals surface area contributed by atoms with E-state index in [9.17, 15) is 4.79 Å². The Labute approximate surface area is 94.6 Å². The minimum absolute atomic E-state index is 0.418. The summed E-state index contributed by atoms with van der Waals surface area (Å²) in [6.45, 7) is 2.04. The van der Waals surface area contributed by atoms with Crippen LogP contribution in [0.2, 0.25) is 0 Å². The van der Waals surface area contributed by atoms with Crippen LogP contribution in [0.25, 0.3) is 0 Å². The molecular weight excluding hydrogens is 188 g/mol. The lowest BCUT2D eigenvalue weighted by Gasteiger charge is -2.23. The first-order valence-corrected chi connectivity index (χ1v) is 5.78. The van der Waals surface area contributed by atoms with Crippen molar-refractivity contribution in [2.45, 2.75) is 25.7 Å². The lowest BCUT2D eigenvalue weighted by atomic mass is 10.1. The van der Waals surface area contributed by atoms with Crippen LogP contribution in [0.5, 0.6) is 0 Å². The number of carbonyl (C=O) groups excluding carboxylic acids is 1. The van der Waals surface area contributed by atoms with Crippen LogP contribution in [0.15, 0.2) is 0 Å². The third kappa shape index (κ3) is 11.5. The molecule has 0 unspecified atom stereocenters. The van der Waals surface area contributed by atoms with Crippen molar-refractivity contribution in [1.29, 1.82) is 0 Å². The summed E-state index contributed by atoms with van der Waals surface area (Å²) >= 11 is 0. The van der Waals surface area contributed by atoms with Gasteiger partial charge in [-0.05, 0) is 33.5 Å². The molecule has 0 radical (unpaired) electrons. The van der Waals surface area contributed by atoms with Gasteiger partial charge in [0.2, 0.25) is 0 Å². The van der Waals surface area contributed by atoms with Crippen molar-refractivity contribution in [3.8, 4) is 0 Å². The Hall–Kier alpha value is -0.410. The molecule has 0 aliphatic heterocycles. The van der Waals surface area contributed by atoms with E-state index >= 15 is 0 Å². The van der Waals surface area contributed by atoms with Gasteiger partial charge in [0.05, 0.1) is 34.1 Å². The quantitative estimate of drug-likeness (QED) is 0.450. The molecule has 0 N–H and O–H groups in total. The number of carbonyl (C=O) groups is 1. The number of hydrogen-bond acceptors (Lipinski definition) is 2. The van der Waals surface area contributed by atoms with Gasteiger partial charge >= 0.3 is 0 Å². The van der Waals surface area contributed by atoms with E-state index in [0.29, 0.717) is 5.78 Å². The number of ketones is 1. The highest BCUT2D eigenvalue weighted by Crippen LogP contribution is 2.02. The van der Waals surface area contributed by atoms with Gasteiger partial charge in [0, 0.05) is 6.42 Å². The number of Topliss-reactive ketones (excluding diaryl/α,β-unsaturated/α-hetero) is 1. The summed E-state index contributed by atoms with van der Waals surface area (Å²) in [5.41, 5.74) is 0. The van der Waals surface area contributed by atoms with E-state index in [0.717, 1.165) is 43.3 Å². The van der Waals surface area contributed by atoms with Gasteiger partial charge < -0.3 is 9.38 Å². The van der Waals surface area contributed by atoms with Crippen molar-refractivity contribution in [2.24, 2.45) is 0 Å². The van der Waals surface area contributed by atoms with Gasteiger partial charge in [-0.3, -0.25) is 4.79 Å². The van der Waals surface area contributed by atoms with Gasteiger partial charge in [0.15, 0.2) is 0 Å². The van der Waals surface area contributed by atoms with Crippen LogP contribution in [-0.4, -0.2) is 63.5 Å². The number of nitrogens with zero attached hydrogens (tertiary/aromatic N) is 2. The maximum absolute atomic E-state index is 11.5. The van der Waals surface area contributed by atoms with Crippen LogP contribution in [-0.2, 0) is 4.79 Å². The lowest BCUT2D eigenvalue weighted by Crippen LogP contribution is -2.36. The molecule has 3 heteroatoms. The van der Waals surface area contributed by atoms with Crippen molar-refractivity contribution < 1.29 is 9.28 Å². The van der Waals surface area contributed by atoms with Crippen LogP contribution in [0, 0.1) is 0 Å². The molecule has 0 amide bonds. The van der Waals surface area contributed by atoms with Gasteiger partial charge in [-0.2, -0.15) is 0 Å². The van der Waals surface area contributed by atoms with E-state index in [1.54, 1.807) is 0 Å². The van der Waals surface area contributed by atoms with E-state index in [1.807, 2.05) is 0 Å². The molecule has 0 atom stereocenters. The molecule has 0 aliphatic carbocycles. The second kappa shape index (κ2) is 6.96. The average Bonchev–Trinajstić information content (AvgIpc) is 2.07. The summed E-state index contributed by atoms with van der Waals surface area (Å²) in [6, 6.07) is 0. The molecule has 0 bridgehead atoms. The summed E-state index contributed by atoms with van der Waals surface area (Å²) in [4.78, 5) is 13.7. The second-order valence-corrected chi connectivity index (χ2v) is 5.56. The SMILES string of the molecule is CN(C)CCCCC(=O)CC[N+](C)(C)C. The topological polar surface area (TPSA) is 20.3 Å². The Balaban J connectivity index is 3.42. The number of hydrogen-bond donors (Lipinski definition) is 0. The van der Waals surface area contributed by atoms with E-state index < -0.39 is 0 Å². The minimum Gasteiger partial charge on any atom is -0.331 e. The Morgan fingerprint density at radius 1 is 1.07 bits per heavy atom. The van der Waals surface area contributed by atoms with Gasteiger partial charge in [-0.25, -0.2) is 0 Å². The van der Waals surface area contributed by atoms with Crippen molar-refractivity contribution in [3.63, 3.8) is 0 Å². The summed E-state index contributed by atoms with van der Waals surface area (Å²) in [5, 5.41) is 0. The van der Waals surface area contributed by atoms with Crippen molar-refractivity contribution in [2.75, 3.05) is 48.3 Å². The first kappa shape index (κ1) is 14.6. The molecule has 0 spiro atoms. The second-order valence-electron chi connectivity index (χ2n) is 5.56. The molecule has 0 fully saturated rings. The highest BCUT2D eigenvalue weighted by Gasteiger charge is 2.10. The van der Waals surface area contributed by atoms with Crippen LogP contribution in [0.1, 0.15) is 25.7 Å². The minimum atomic E-state index is 0.418. The highest BCUT2D eigenvalue weighted by molar-refractivity contribution is 5.78. The monoisotopic (exact) mass is 215 g/mol. The summed E-state index contributed by atoms with van der Waals surface area (Å²) in [7, 11) is 10.5. The molecule has 0 aliphatic rings. The fourth-order valence-corrected chi connectivity index (χ4v) is 1.34. The zero-order valence-electron chi connectivity index (χ0n) is 11.0. The first-order valence-electron chi connectivity index (χ1n) is 5.78. The highest BCUT2D eigenvalue weighted by atomic mass is 16.1. The Morgan fingerprint density at radius 2 is 1.67 bits per heavy atom. The molecule has 3 nitrogen and oxygen atoms in total. The van der Waals surface area contributed by atoms with Crippen LogP contribution in [0.3, 0.4) is 0 Å². The van der Waals surface area contributed by atoms with Crippen LogP contribution < -0.4 is 0 Å². The Morgan fingerprint density at radius 3 is 2.13 bits per heavy atom. The standard InChI is InChI=1S/C12H27N2O/c1-13(2)10-7-6-8-12(15)9-11-14(3,4)5/h6-11H2,1-5H3/q+1. The summed E-state index contributed by atoms with van der Waals surface area (Å²) < 4.78 is 0.878. The molecule has 15 heavy (non-hydrogen) atoms. The molecule has 0 saturated heterocycles. The predicted octanol–water partition coefficient (Wildman–Crippen LogP) is 1.38. The fourth-order valence-electron chi connectivity index (χ4n) is 1.34. The molecule has 0 saturated carbocycles. The molecule has 90 valence electrons. The van der Waals surface area contributed by atoms with E-state index in [-0.39, 0.29) is 0 Å². The smallest absolute Gasteiger partial charge is 0.138 e. The summed E-state index contributed by atoms with van der Waals surface area (Å²) in [5.74, 6) is 0.418. The maximum atomic E-state index is 11.5. The lowest BCUT2D eigenvalue weighted by molar-refractivity contribution is -0.869. The molecule has 0 rings (SSSR count). The van der Waals surface area contributed by atoms with Crippen molar-refractivity contribution in [3.05, 3.63) is 0 Å². The van der Waals surface area contributed by atoms with E-state index in [2.05, 4.69) is 40.1 Å². The van der Waals surface area contributed by atoms with Crippen molar-refractivity contribution >= 4 is 5.78 Å². The zero-order chi connectivity index (χ0) is 11.9. The van der Waals surface area contributed by atoms with Gasteiger partial charge in [0.1, 0.15) is 5.78 Å². The Kier molecular flexibility index (Phi) is 6.77. The van der Waals surface area contributed by atoms with Crippen molar-refractivity contribution in [1.82, 2.24) is 4.90 Å². The average molecular weight is 215 g/mol. The zero-order valence-corrected chi connectivity index (χ0v) is 11.0. The first-order chi connectivity index (χ1) is 6.81. The molecule has 0 heterocycles. The molecule has 0 aromatic rings. The third-order valence-electron chi connectivity index (χ3n) is 2.37. The van der Waals surface area contributed by atoms with E-state index in [4.69, 9.17) is 0 Å². The maximum Gasteiger partial charge on any atom is 0.138 e. The van der Waals surface area contributed by atoms with Gasteiger partial charge in [0.25, 0.3) is 0 Å². The number of rotatable bonds is 8. The van der Waals surface area contributed by atoms with Crippen LogP contribution >= 0.6 is 0 Å². The largest absolute Gasteiger partial charge is 0.331 e. The predicted molar refractivity (Wildman–Crippen MR) is 64.9 cm³/mol. The molecule has 0 aromatic carbocycles. The third-order valence-corrected chi connectivity index (χ3v) is 2.37. The van der Waals surface area contributed by atoms with Gasteiger partial charge in [-0.15, -0.1) is 0 Å². The fraction of sp³-hybridized carbons (Fsp3) is 0.917. The van der Waals surface area contributed by atoms with E-state index in [1.165, 1.54) is 0 Å². The number of unbranched alkanes of at least 4 members (excludes halogenated alkanes) is 1. The molecular formula is C12H27N2O+. The molecule has 0 aromatic heterocycles. The summed E-state index contributed by atoms with van der Waals surface area (Å²) in [6.07, 6.45) is 3.65. The number of quaternary nitrogens is 1. The van der Waals surface area contributed by atoms with Crippen LogP contribution in [0.4, 0.5) is 0 Å².